The van der Waals surface area contributed by atoms with Gasteiger partial charge < -0.3 is 29.9 Å². The largest absolute Gasteiger partial charge is 0.497 e. The SMILES string of the molecule is CCCC/C(=C(/c1ccc(OC)cc1)c1ccc(OCCN2CCCC2)cc1)c1ccccc1.O=C(O)CC(O)(CC(=O)O)C(=O)O. The molecular weight excluding hydrogens is 602 g/mol. The average Bonchev–Trinajstić information content (AvgIpc) is 3.57. The zero-order valence-corrected chi connectivity index (χ0v) is 27.1. The van der Waals surface area contributed by atoms with Crippen molar-refractivity contribution in [1.82, 2.24) is 4.90 Å². The number of aliphatic hydroxyl groups is 1. The van der Waals surface area contributed by atoms with Gasteiger partial charge in [0.05, 0.1) is 20.0 Å². The van der Waals surface area contributed by atoms with Crippen LogP contribution in [0.1, 0.15) is 68.6 Å². The minimum absolute atomic E-state index is 0.742. The van der Waals surface area contributed by atoms with E-state index in [1.54, 1.807) is 7.11 Å². The van der Waals surface area contributed by atoms with Crippen molar-refractivity contribution in [2.24, 2.45) is 0 Å². The van der Waals surface area contributed by atoms with E-state index in [0.29, 0.717) is 0 Å². The van der Waals surface area contributed by atoms with Gasteiger partial charge in [-0.15, -0.1) is 0 Å². The number of nitrogens with zero attached hydrogens (tertiary/aromatic N) is 1. The number of benzene rings is 3. The molecule has 47 heavy (non-hydrogen) atoms. The fourth-order valence-corrected chi connectivity index (χ4v) is 5.41. The minimum atomic E-state index is -2.74. The van der Waals surface area contributed by atoms with E-state index < -0.39 is 36.4 Å². The third-order valence-electron chi connectivity index (χ3n) is 7.89. The van der Waals surface area contributed by atoms with Crippen molar-refractivity contribution in [2.75, 3.05) is 33.4 Å². The maximum atomic E-state index is 10.3. The van der Waals surface area contributed by atoms with Crippen LogP contribution in [-0.4, -0.2) is 82.2 Å². The van der Waals surface area contributed by atoms with E-state index in [1.165, 1.54) is 53.8 Å². The summed E-state index contributed by atoms with van der Waals surface area (Å²) >= 11 is 0. The predicted molar refractivity (Wildman–Crippen MR) is 180 cm³/mol. The zero-order chi connectivity index (χ0) is 34.2. The van der Waals surface area contributed by atoms with Crippen molar-refractivity contribution < 1.29 is 44.3 Å². The lowest BCUT2D eigenvalue weighted by Crippen LogP contribution is -2.42. The Labute approximate surface area is 275 Å². The summed E-state index contributed by atoms with van der Waals surface area (Å²) in [5.41, 5.74) is 3.64. The van der Waals surface area contributed by atoms with Crippen molar-refractivity contribution in [1.29, 1.82) is 0 Å². The first kappa shape index (κ1) is 36.8. The lowest BCUT2D eigenvalue weighted by molar-refractivity contribution is -0.170. The van der Waals surface area contributed by atoms with Crippen LogP contribution in [0.15, 0.2) is 78.9 Å². The fourth-order valence-electron chi connectivity index (χ4n) is 5.41. The van der Waals surface area contributed by atoms with Crippen LogP contribution in [0, 0.1) is 0 Å². The molecule has 1 heterocycles. The molecule has 0 unspecified atom stereocenters. The monoisotopic (exact) mass is 647 g/mol. The number of ether oxygens (including phenoxy) is 2. The highest BCUT2D eigenvalue weighted by Crippen LogP contribution is 2.36. The Morgan fingerprint density at radius 2 is 1.30 bits per heavy atom. The van der Waals surface area contributed by atoms with E-state index in [2.05, 4.69) is 78.6 Å². The molecule has 3 aromatic carbocycles. The van der Waals surface area contributed by atoms with Crippen molar-refractivity contribution in [3.8, 4) is 11.5 Å². The molecule has 4 rings (SSSR count). The third kappa shape index (κ3) is 11.6. The quantitative estimate of drug-likeness (QED) is 0.135. The van der Waals surface area contributed by atoms with Gasteiger partial charge >= 0.3 is 17.9 Å². The number of unbranched alkanes of at least 4 members (excludes halogenated alkanes) is 1. The van der Waals surface area contributed by atoms with Gasteiger partial charge in [-0.2, -0.15) is 0 Å². The Hall–Kier alpha value is -4.67. The minimum Gasteiger partial charge on any atom is -0.497 e. The highest BCUT2D eigenvalue weighted by atomic mass is 16.5. The van der Waals surface area contributed by atoms with Gasteiger partial charge in [0.15, 0.2) is 5.60 Å². The van der Waals surface area contributed by atoms with E-state index in [4.69, 9.17) is 29.9 Å². The van der Waals surface area contributed by atoms with E-state index >= 15 is 0 Å². The molecule has 3 aromatic rings. The molecule has 1 aliphatic heterocycles. The summed E-state index contributed by atoms with van der Waals surface area (Å²) in [6.45, 7) is 6.42. The van der Waals surface area contributed by atoms with Gasteiger partial charge in [-0.05, 0) is 90.9 Å². The van der Waals surface area contributed by atoms with Gasteiger partial charge in [0.1, 0.15) is 18.1 Å². The van der Waals surface area contributed by atoms with Gasteiger partial charge in [-0.3, -0.25) is 14.5 Å². The van der Waals surface area contributed by atoms with Crippen LogP contribution in [0.5, 0.6) is 11.5 Å². The second kappa shape index (κ2) is 18.5. The van der Waals surface area contributed by atoms with E-state index in [1.807, 2.05) is 12.1 Å². The number of allylic oxidation sites excluding steroid dienone is 1. The van der Waals surface area contributed by atoms with E-state index in [-0.39, 0.29) is 0 Å². The summed E-state index contributed by atoms with van der Waals surface area (Å²) in [4.78, 5) is 33.0. The number of hydrogen-bond donors (Lipinski definition) is 4. The van der Waals surface area contributed by atoms with Crippen LogP contribution in [0.3, 0.4) is 0 Å². The summed E-state index contributed by atoms with van der Waals surface area (Å²) in [5, 5.41) is 33.8. The molecule has 0 saturated carbocycles. The van der Waals surface area contributed by atoms with Crippen molar-refractivity contribution in [3.05, 3.63) is 95.6 Å². The maximum absolute atomic E-state index is 10.3. The Kier molecular flexibility index (Phi) is 14.5. The lowest BCUT2D eigenvalue weighted by atomic mass is 9.87. The normalized spacial score (nSPS) is 13.6. The Balaban J connectivity index is 0.000000392. The zero-order valence-electron chi connectivity index (χ0n) is 27.1. The van der Waals surface area contributed by atoms with Crippen LogP contribution in [0.4, 0.5) is 0 Å². The number of rotatable bonds is 16. The van der Waals surface area contributed by atoms with Crippen LogP contribution < -0.4 is 9.47 Å². The summed E-state index contributed by atoms with van der Waals surface area (Å²) in [7, 11) is 1.71. The van der Waals surface area contributed by atoms with Crippen LogP contribution >= 0.6 is 0 Å². The number of hydrogen-bond acceptors (Lipinski definition) is 7. The van der Waals surface area contributed by atoms with Crippen LogP contribution in [0.25, 0.3) is 11.1 Å². The first-order valence-corrected chi connectivity index (χ1v) is 15.8. The number of methoxy groups -OCH3 is 1. The highest BCUT2D eigenvalue weighted by Gasteiger charge is 2.40. The Morgan fingerprint density at radius 1 is 0.766 bits per heavy atom. The van der Waals surface area contributed by atoms with Gasteiger partial charge in [0.2, 0.25) is 0 Å². The summed E-state index contributed by atoms with van der Waals surface area (Å²) in [5.74, 6) is -3.21. The molecule has 0 aliphatic carbocycles. The summed E-state index contributed by atoms with van der Waals surface area (Å²) < 4.78 is 11.5. The fraction of sp³-hybridized carbons (Fsp3) is 0.378. The van der Waals surface area contributed by atoms with Crippen LogP contribution in [0.2, 0.25) is 0 Å². The molecule has 1 fully saturated rings. The molecule has 4 N–H and O–H groups in total. The molecule has 0 radical (unpaired) electrons. The topological polar surface area (TPSA) is 154 Å². The Morgan fingerprint density at radius 3 is 1.77 bits per heavy atom. The maximum Gasteiger partial charge on any atom is 0.336 e. The molecule has 10 heteroatoms. The molecule has 0 bridgehead atoms. The van der Waals surface area contributed by atoms with Crippen LogP contribution in [-0.2, 0) is 14.4 Å². The number of carboxylic acid groups (broad SMARTS) is 3. The number of likely N-dealkylation sites (tertiary alicyclic amines) is 1. The van der Waals surface area contributed by atoms with Gasteiger partial charge in [-0.25, -0.2) is 4.79 Å². The summed E-state index contributed by atoms with van der Waals surface area (Å²) in [6.07, 6.45) is 3.70. The third-order valence-corrected chi connectivity index (χ3v) is 7.89. The number of carbonyl (C=O) groups is 3. The molecule has 0 amide bonds. The molecule has 1 saturated heterocycles. The molecule has 0 spiro atoms. The molecule has 10 nitrogen and oxygen atoms in total. The molecular formula is C37H45NO9. The van der Waals surface area contributed by atoms with E-state index in [0.717, 1.165) is 43.9 Å². The first-order chi connectivity index (χ1) is 22.6. The van der Waals surface area contributed by atoms with E-state index in [9.17, 15) is 14.4 Å². The van der Waals surface area contributed by atoms with Gasteiger partial charge in [0, 0.05) is 6.54 Å². The standard InChI is InChI=1S/C31H37NO2.C6H8O7/c1-3-4-12-30(25-10-6-5-7-11-25)31(26-13-17-28(33-2)18-14-26)27-15-19-29(20-16-27)34-24-23-32-21-8-9-22-32;7-3(8)1-6(13,5(11)12)2-4(9)10/h5-7,10-11,13-20H,3-4,8-9,12,21-24H2,1-2H3;13H,1-2H2,(H,7,8)(H,9,10)(H,11,12)/b31-30+;. The predicted octanol–water partition coefficient (Wildman–Crippen LogP) is 6.07. The molecule has 0 aromatic heterocycles. The molecule has 252 valence electrons. The lowest BCUT2D eigenvalue weighted by Gasteiger charge is -2.18. The average molecular weight is 648 g/mol. The van der Waals surface area contributed by atoms with Crippen molar-refractivity contribution in [3.63, 3.8) is 0 Å². The molecule has 1 aliphatic rings. The first-order valence-electron chi connectivity index (χ1n) is 15.8. The smallest absolute Gasteiger partial charge is 0.336 e. The number of aliphatic carboxylic acids is 3. The van der Waals surface area contributed by atoms with Gasteiger partial charge in [0.25, 0.3) is 0 Å². The number of carboxylic acids is 3. The van der Waals surface area contributed by atoms with Crippen molar-refractivity contribution >= 4 is 29.1 Å². The summed E-state index contributed by atoms with van der Waals surface area (Å²) in [6, 6.07) is 27.9. The van der Waals surface area contributed by atoms with Gasteiger partial charge in [-0.1, -0.05) is 67.9 Å². The van der Waals surface area contributed by atoms with Crippen molar-refractivity contribution in [2.45, 2.75) is 57.5 Å². The second-order valence-corrected chi connectivity index (χ2v) is 11.5. The second-order valence-electron chi connectivity index (χ2n) is 11.5. The highest BCUT2D eigenvalue weighted by molar-refractivity contribution is 5.98. The molecule has 0 atom stereocenters. The Bertz CT molecular complexity index is 1450.